The molecule has 0 radical (unpaired) electrons. The molecule has 0 fully saturated rings. The second-order valence-electron chi connectivity index (χ2n) is 3.57. The Morgan fingerprint density at radius 2 is 1.88 bits per heavy atom. The van der Waals surface area contributed by atoms with Gasteiger partial charge >= 0.3 is 6.03 Å². The normalized spacial score (nSPS) is 10.0. The smallest absolute Gasteiger partial charge is 0.317 e. The van der Waals surface area contributed by atoms with Gasteiger partial charge in [0.1, 0.15) is 0 Å². The summed E-state index contributed by atoms with van der Waals surface area (Å²) in [6, 6.07) is 10.2. The Balaban J connectivity index is 2.18. The monoisotopic (exact) mass is 252 g/mol. The molecule has 0 heterocycles. The molecule has 1 aromatic carbocycles. The average molecular weight is 252 g/mol. The minimum Gasteiger partial charge on any atom is -0.337 e. The third kappa shape index (κ3) is 5.13. The van der Waals surface area contributed by atoms with Crippen molar-refractivity contribution >= 4 is 17.8 Å². The van der Waals surface area contributed by atoms with Gasteiger partial charge in [-0.3, -0.25) is 0 Å². The Hall–Kier alpha value is -1.16. The van der Waals surface area contributed by atoms with Crippen LogP contribution < -0.4 is 5.32 Å². The van der Waals surface area contributed by atoms with E-state index in [4.69, 9.17) is 0 Å². The lowest BCUT2D eigenvalue weighted by atomic mass is 10.4. The quantitative estimate of drug-likeness (QED) is 0.623. The summed E-state index contributed by atoms with van der Waals surface area (Å²) in [7, 11) is 0. The van der Waals surface area contributed by atoms with Gasteiger partial charge in [0.05, 0.1) is 0 Å². The van der Waals surface area contributed by atoms with Crippen LogP contribution in [0.3, 0.4) is 0 Å². The Morgan fingerprint density at radius 3 is 2.47 bits per heavy atom. The highest BCUT2D eigenvalue weighted by Gasteiger charge is 2.07. The van der Waals surface area contributed by atoms with Crippen LogP contribution in [0.1, 0.15) is 13.8 Å². The Morgan fingerprint density at radius 1 is 1.24 bits per heavy atom. The molecule has 0 aliphatic heterocycles. The number of hydrogen-bond donors (Lipinski definition) is 1. The fourth-order valence-corrected chi connectivity index (χ4v) is 2.26. The molecule has 1 aromatic rings. The maximum atomic E-state index is 11.6. The van der Waals surface area contributed by atoms with E-state index in [2.05, 4.69) is 17.4 Å². The average Bonchev–Trinajstić information content (AvgIpc) is 2.37. The van der Waals surface area contributed by atoms with Crippen LogP contribution in [-0.2, 0) is 0 Å². The highest BCUT2D eigenvalue weighted by Crippen LogP contribution is 2.15. The number of benzene rings is 1. The summed E-state index contributed by atoms with van der Waals surface area (Å²) in [5, 5.41) is 2.92. The molecule has 2 amide bonds. The molecule has 0 atom stereocenters. The molecule has 4 heteroatoms. The largest absolute Gasteiger partial charge is 0.337 e. The second-order valence-corrected chi connectivity index (χ2v) is 4.73. The highest BCUT2D eigenvalue weighted by atomic mass is 32.2. The molecular weight excluding hydrogens is 232 g/mol. The van der Waals surface area contributed by atoms with Crippen molar-refractivity contribution in [3.63, 3.8) is 0 Å². The van der Waals surface area contributed by atoms with Crippen molar-refractivity contribution in [1.82, 2.24) is 10.2 Å². The van der Waals surface area contributed by atoms with Gasteiger partial charge in [-0.15, -0.1) is 11.8 Å². The Labute approximate surface area is 108 Å². The predicted octanol–water partition coefficient (Wildman–Crippen LogP) is 2.83. The lowest BCUT2D eigenvalue weighted by molar-refractivity contribution is 0.204. The fraction of sp³-hybridized carbons (Fsp3) is 0.462. The summed E-state index contributed by atoms with van der Waals surface area (Å²) in [5.41, 5.74) is 0. The molecule has 17 heavy (non-hydrogen) atoms. The lowest BCUT2D eigenvalue weighted by Gasteiger charge is -2.18. The van der Waals surface area contributed by atoms with Crippen LogP contribution in [0, 0.1) is 0 Å². The first kappa shape index (κ1) is 13.9. The highest BCUT2D eigenvalue weighted by molar-refractivity contribution is 7.99. The molecule has 1 N–H and O–H groups in total. The molecule has 3 nitrogen and oxygen atoms in total. The summed E-state index contributed by atoms with van der Waals surface area (Å²) < 4.78 is 0. The maximum Gasteiger partial charge on any atom is 0.317 e. The molecule has 94 valence electrons. The van der Waals surface area contributed by atoms with E-state index in [1.165, 1.54) is 4.90 Å². The number of urea groups is 1. The van der Waals surface area contributed by atoms with E-state index in [1.54, 1.807) is 16.7 Å². The maximum absolute atomic E-state index is 11.6. The molecule has 0 spiro atoms. The van der Waals surface area contributed by atoms with Gasteiger partial charge in [0.15, 0.2) is 0 Å². The van der Waals surface area contributed by atoms with Crippen LogP contribution >= 0.6 is 11.8 Å². The minimum atomic E-state index is 0.0312. The number of rotatable bonds is 6. The number of amides is 2. The van der Waals surface area contributed by atoms with Gasteiger partial charge < -0.3 is 10.2 Å². The van der Waals surface area contributed by atoms with Crippen LogP contribution in [0.25, 0.3) is 0 Å². The van der Waals surface area contributed by atoms with E-state index in [9.17, 15) is 4.79 Å². The first-order valence-corrected chi connectivity index (χ1v) is 6.97. The second kappa shape index (κ2) is 8.01. The molecule has 0 saturated heterocycles. The van der Waals surface area contributed by atoms with E-state index in [-0.39, 0.29) is 6.03 Å². The van der Waals surface area contributed by atoms with E-state index >= 15 is 0 Å². The van der Waals surface area contributed by atoms with Gasteiger partial charge in [0.25, 0.3) is 0 Å². The zero-order valence-electron chi connectivity index (χ0n) is 10.5. The molecule has 0 unspecified atom stereocenters. The van der Waals surface area contributed by atoms with Crippen molar-refractivity contribution in [2.45, 2.75) is 18.7 Å². The van der Waals surface area contributed by atoms with Crippen LogP contribution in [0.5, 0.6) is 0 Å². The van der Waals surface area contributed by atoms with Gasteiger partial charge in [-0.25, -0.2) is 4.79 Å². The first-order valence-electron chi connectivity index (χ1n) is 5.98. The summed E-state index contributed by atoms with van der Waals surface area (Å²) in [5.74, 6) is 0.900. The van der Waals surface area contributed by atoms with Gasteiger partial charge in [0.2, 0.25) is 0 Å². The zero-order chi connectivity index (χ0) is 12.5. The molecule has 0 saturated carbocycles. The van der Waals surface area contributed by atoms with E-state index in [0.717, 1.165) is 18.8 Å². The van der Waals surface area contributed by atoms with Crippen molar-refractivity contribution in [2.24, 2.45) is 0 Å². The molecule has 0 aliphatic carbocycles. The van der Waals surface area contributed by atoms with Crippen molar-refractivity contribution in [1.29, 1.82) is 0 Å². The van der Waals surface area contributed by atoms with Gasteiger partial charge in [-0.05, 0) is 26.0 Å². The Kier molecular flexibility index (Phi) is 6.55. The zero-order valence-corrected chi connectivity index (χ0v) is 11.3. The molecule has 0 aliphatic rings. The molecule has 1 rings (SSSR count). The van der Waals surface area contributed by atoms with E-state index < -0.39 is 0 Å². The summed E-state index contributed by atoms with van der Waals surface area (Å²) in [4.78, 5) is 14.6. The van der Waals surface area contributed by atoms with Crippen molar-refractivity contribution in [2.75, 3.05) is 25.4 Å². The predicted molar refractivity (Wildman–Crippen MR) is 73.5 cm³/mol. The number of carbonyl (C=O) groups is 1. The minimum absolute atomic E-state index is 0.0312. The van der Waals surface area contributed by atoms with Gasteiger partial charge in [0, 0.05) is 30.3 Å². The molecule has 0 aromatic heterocycles. The van der Waals surface area contributed by atoms with Crippen molar-refractivity contribution < 1.29 is 4.79 Å². The van der Waals surface area contributed by atoms with Crippen LogP contribution in [0.4, 0.5) is 4.79 Å². The molecule has 0 bridgehead atoms. The number of nitrogens with one attached hydrogen (secondary N) is 1. The van der Waals surface area contributed by atoms with Crippen LogP contribution in [-0.4, -0.2) is 36.3 Å². The van der Waals surface area contributed by atoms with Crippen LogP contribution in [0.2, 0.25) is 0 Å². The Bertz CT molecular complexity index is 325. The number of thioether (sulfide) groups is 1. The summed E-state index contributed by atoms with van der Waals surface area (Å²) in [6.45, 7) is 6.20. The third-order valence-electron chi connectivity index (χ3n) is 2.44. The molecular formula is C13H20N2OS. The van der Waals surface area contributed by atoms with Crippen molar-refractivity contribution in [3.8, 4) is 0 Å². The number of carbonyl (C=O) groups excluding carboxylic acids is 1. The topological polar surface area (TPSA) is 32.3 Å². The summed E-state index contributed by atoms with van der Waals surface area (Å²) >= 11 is 1.76. The summed E-state index contributed by atoms with van der Waals surface area (Å²) in [6.07, 6.45) is 0. The first-order chi connectivity index (χ1) is 8.27. The lowest BCUT2D eigenvalue weighted by Crippen LogP contribution is -2.40. The standard InChI is InChI=1S/C13H20N2OS/c1-3-15(4-2)13(16)14-10-11-17-12-8-6-5-7-9-12/h5-9H,3-4,10-11H2,1-2H3,(H,14,16). The van der Waals surface area contributed by atoms with Gasteiger partial charge in [-0.1, -0.05) is 18.2 Å². The van der Waals surface area contributed by atoms with Gasteiger partial charge in [-0.2, -0.15) is 0 Å². The van der Waals surface area contributed by atoms with Crippen molar-refractivity contribution in [3.05, 3.63) is 30.3 Å². The number of nitrogens with zero attached hydrogens (tertiary/aromatic N) is 1. The van der Waals surface area contributed by atoms with E-state index in [1.807, 2.05) is 32.0 Å². The fourth-order valence-electron chi connectivity index (χ4n) is 1.47. The number of hydrogen-bond acceptors (Lipinski definition) is 2. The SMILES string of the molecule is CCN(CC)C(=O)NCCSc1ccccc1. The van der Waals surface area contributed by atoms with Crippen LogP contribution in [0.15, 0.2) is 35.2 Å². The third-order valence-corrected chi connectivity index (χ3v) is 3.45. The van der Waals surface area contributed by atoms with E-state index in [0.29, 0.717) is 6.54 Å².